The molecule has 0 aliphatic rings. The molecular weight excluding hydrogens is 314 g/mol. The van der Waals surface area contributed by atoms with Crippen LogP contribution in [0, 0.1) is 6.92 Å². The number of nitrogens with one attached hydrogen (secondary N) is 1. The zero-order chi connectivity index (χ0) is 13.8. The Labute approximate surface area is 122 Å². The Morgan fingerprint density at radius 3 is 2.44 bits per heavy atom. The maximum atomic E-state index is 12.3. The predicted octanol–water partition coefficient (Wildman–Crippen LogP) is 4.33. The molecule has 0 aliphatic carbocycles. The SMILES string of the molecule is CCC(CC)(CBr)NC(=O)c1ccc(C)cc1Cl. The van der Waals surface area contributed by atoms with Crippen LogP contribution in [0.1, 0.15) is 42.6 Å². The molecule has 1 N–H and O–H groups in total. The summed E-state index contributed by atoms with van der Waals surface area (Å²) >= 11 is 9.59. The number of halogens is 2. The van der Waals surface area contributed by atoms with Gasteiger partial charge in [0.05, 0.1) is 10.6 Å². The van der Waals surface area contributed by atoms with E-state index in [0.717, 1.165) is 23.7 Å². The van der Waals surface area contributed by atoms with Crippen molar-refractivity contribution in [2.45, 2.75) is 39.2 Å². The summed E-state index contributed by atoms with van der Waals surface area (Å²) in [5.74, 6) is -0.108. The molecule has 0 saturated carbocycles. The van der Waals surface area contributed by atoms with E-state index in [9.17, 15) is 4.79 Å². The first kappa shape index (κ1) is 15.5. The van der Waals surface area contributed by atoms with Gasteiger partial charge in [-0.2, -0.15) is 0 Å². The number of hydrogen-bond acceptors (Lipinski definition) is 1. The summed E-state index contributed by atoms with van der Waals surface area (Å²) in [5.41, 5.74) is 1.38. The highest BCUT2D eigenvalue weighted by molar-refractivity contribution is 9.09. The van der Waals surface area contributed by atoms with Gasteiger partial charge in [0.25, 0.3) is 5.91 Å². The smallest absolute Gasteiger partial charge is 0.253 e. The van der Waals surface area contributed by atoms with Gasteiger partial charge in [-0.15, -0.1) is 0 Å². The number of aryl methyl sites for hydroxylation is 1. The molecule has 1 aromatic rings. The minimum Gasteiger partial charge on any atom is -0.346 e. The zero-order valence-corrected chi connectivity index (χ0v) is 13.4. The second kappa shape index (κ2) is 6.58. The summed E-state index contributed by atoms with van der Waals surface area (Å²) in [4.78, 5) is 12.3. The molecule has 0 aromatic heterocycles. The van der Waals surface area contributed by atoms with Gasteiger partial charge in [0.1, 0.15) is 0 Å². The van der Waals surface area contributed by atoms with Crippen molar-refractivity contribution in [2.24, 2.45) is 0 Å². The Morgan fingerprint density at radius 1 is 1.39 bits per heavy atom. The van der Waals surface area contributed by atoms with Gasteiger partial charge >= 0.3 is 0 Å². The Hall–Kier alpha value is -0.540. The molecule has 1 aromatic carbocycles. The summed E-state index contributed by atoms with van der Waals surface area (Å²) in [6, 6.07) is 5.48. The van der Waals surface area contributed by atoms with E-state index in [1.807, 2.05) is 19.1 Å². The summed E-state index contributed by atoms with van der Waals surface area (Å²) in [6.45, 7) is 6.10. The Kier molecular flexibility index (Phi) is 5.67. The van der Waals surface area contributed by atoms with Gasteiger partial charge in [0.15, 0.2) is 0 Å². The lowest BCUT2D eigenvalue weighted by Gasteiger charge is -2.31. The highest BCUT2D eigenvalue weighted by atomic mass is 79.9. The first-order valence-corrected chi connectivity index (χ1v) is 7.62. The molecule has 100 valence electrons. The van der Waals surface area contributed by atoms with Crippen LogP contribution in [-0.2, 0) is 0 Å². The molecule has 0 unspecified atom stereocenters. The number of carbonyl (C=O) groups is 1. The van der Waals surface area contributed by atoms with Crippen LogP contribution < -0.4 is 5.32 Å². The van der Waals surface area contributed by atoms with E-state index in [2.05, 4.69) is 35.1 Å². The van der Waals surface area contributed by atoms with Crippen LogP contribution in [-0.4, -0.2) is 16.8 Å². The lowest BCUT2D eigenvalue weighted by atomic mass is 9.95. The van der Waals surface area contributed by atoms with Gasteiger partial charge in [-0.3, -0.25) is 4.79 Å². The molecular formula is C14H19BrClNO. The third-order valence-electron chi connectivity index (χ3n) is 3.36. The second-order valence-corrected chi connectivity index (χ2v) is 5.53. The van der Waals surface area contributed by atoms with Gasteiger partial charge in [-0.05, 0) is 37.5 Å². The van der Waals surface area contributed by atoms with E-state index in [0.29, 0.717) is 10.6 Å². The average Bonchev–Trinajstić information content (AvgIpc) is 2.36. The molecule has 1 amide bonds. The van der Waals surface area contributed by atoms with E-state index in [1.165, 1.54) is 0 Å². The highest BCUT2D eigenvalue weighted by Crippen LogP contribution is 2.22. The minimum atomic E-state index is -0.203. The van der Waals surface area contributed by atoms with Gasteiger partial charge in [0, 0.05) is 10.9 Å². The van der Waals surface area contributed by atoms with Crippen molar-refractivity contribution in [2.75, 3.05) is 5.33 Å². The molecule has 4 heteroatoms. The normalized spacial score (nSPS) is 11.4. The molecule has 0 fully saturated rings. The fourth-order valence-corrected chi connectivity index (χ4v) is 3.02. The average molecular weight is 333 g/mol. The standard InChI is InChI=1S/C14H19BrClNO/c1-4-14(5-2,9-15)17-13(18)11-7-6-10(3)8-12(11)16/h6-8H,4-5,9H2,1-3H3,(H,17,18). The molecule has 0 bridgehead atoms. The molecule has 0 aliphatic heterocycles. The molecule has 0 saturated heterocycles. The highest BCUT2D eigenvalue weighted by Gasteiger charge is 2.27. The number of alkyl halides is 1. The molecule has 0 heterocycles. The quantitative estimate of drug-likeness (QED) is 0.799. The zero-order valence-electron chi connectivity index (χ0n) is 11.0. The first-order valence-electron chi connectivity index (χ1n) is 6.12. The number of amides is 1. The van der Waals surface area contributed by atoms with Crippen molar-refractivity contribution < 1.29 is 4.79 Å². The molecule has 0 atom stereocenters. The molecule has 1 rings (SSSR count). The van der Waals surface area contributed by atoms with Crippen molar-refractivity contribution in [3.63, 3.8) is 0 Å². The van der Waals surface area contributed by atoms with Gasteiger partial charge in [-0.1, -0.05) is 47.4 Å². The van der Waals surface area contributed by atoms with Crippen molar-refractivity contribution in [3.8, 4) is 0 Å². The maximum absolute atomic E-state index is 12.3. The third-order valence-corrected chi connectivity index (χ3v) is 4.74. The van der Waals surface area contributed by atoms with E-state index in [1.54, 1.807) is 6.07 Å². The predicted molar refractivity (Wildman–Crippen MR) is 80.8 cm³/mol. The summed E-state index contributed by atoms with van der Waals surface area (Å²) in [7, 11) is 0. The van der Waals surface area contributed by atoms with Crippen LogP contribution >= 0.6 is 27.5 Å². The topological polar surface area (TPSA) is 29.1 Å². The Balaban J connectivity index is 2.94. The van der Waals surface area contributed by atoms with Crippen molar-refractivity contribution in [1.29, 1.82) is 0 Å². The van der Waals surface area contributed by atoms with Crippen LogP contribution in [0.4, 0.5) is 0 Å². The van der Waals surface area contributed by atoms with Crippen LogP contribution in [0.5, 0.6) is 0 Å². The second-order valence-electron chi connectivity index (χ2n) is 4.56. The van der Waals surface area contributed by atoms with Gasteiger partial charge in [0.2, 0.25) is 0 Å². The van der Waals surface area contributed by atoms with E-state index >= 15 is 0 Å². The monoisotopic (exact) mass is 331 g/mol. The molecule has 0 radical (unpaired) electrons. The van der Waals surface area contributed by atoms with E-state index < -0.39 is 0 Å². The van der Waals surface area contributed by atoms with E-state index in [-0.39, 0.29) is 11.4 Å². The van der Waals surface area contributed by atoms with Gasteiger partial charge in [-0.25, -0.2) is 0 Å². The number of hydrogen-bond donors (Lipinski definition) is 1. The number of benzene rings is 1. The van der Waals surface area contributed by atoms with Crippen LogP contribution in [0.15, 0.2) is 18.2 Å². The summed E-state index contributed by atoms with van der Waals surface area (Å²) < 4.78 is 0. The molecule has 0 spiro atoms. The third kappa shape index (κ3) is 3.48. The number of carbonyl (C=O) groups excluding carboxylic acids is 1. The molecule has 2 nitrogen and oxygen atoms in total. The lowest BCUT2D eigenvalue weighted by molar-refractivity contribution is 0.0904. The van der Waals surface area contributed by atoms with Crippen molar-refractivity contribution in [1.82, 2.24) is 5.32 Å². The van der Waals surface area contributed by atoms with E-state index in [4.69, 9.17) is 11.6 Å². The largest absolute Gasteiger partial charge is 0.346 e. The van der Waals surface area contributed by atoms with Gasteiger partial charge < -0.3 is 5.32 Å². The number of rotatable bonds is 5. The maximum Gasteiger partial charge on any atom is 0.253 e. The van der Waals surface area contributed by atoms with Crippen LogP contribution in [0.2, 0.25) is 5.02 Å². The first-order chi connectivity index (χ1) is 8.48. The fourth-order valence-electron chi connectivity index (χ4n) is 1.76. The van der Waals surface area contributed by atoms with Crippen molar-refractivity contribution >= 4 is 33.4 Å². The summed E-state index contributed by atoms with van der Waals surface area (Å²) in [5, 5.41) is 4.33. The lowest BCUT2D eigenvalue weighted by Crippen LogP contribution is -2.49. The fraction of sp³-hybridized carbons (Fsp3) is 0.500. The Morgan fingerprint density at radius 2 is 2.00 bits per heavy atom. The van der Waals surface area contributed by atoms with Crippen LogP contribution in [0.3, 0.4) is 0 Å². The summed E-state index contributed by atoms with van der Waals surface area (Å²) in [6.07, 6.45) is 1.76. The molecule has 18 heavy (non-hydrogen) atoms. The van der Waals surface area contributed by atoms with Crippen molar-refractivity contribution in [3.05, 3.63) is 34.3 Å². The van der Waals surface area contributed by atoms with Crippen LogP contribution in [0.25, 0.3) is 0 Å². The Bertz CT molecular complexity index is 422. The minimum absolute atomic E-state index is 0.108.